The molecule has 1 heterocycles. The number of benzene rings is 2. The molecule has 0 unspecified atom stereocenters. The van der Waals surface area contributed by atoms with E-state index in [0.29, 0.717) is 5.56 Å². The van der Waals surface area contributed by atoms with Gasteiger partial charge in [0.2, 0.25) is 0 Å². The number of aryl methyl sites for hydroxylation is 1. The molecule has 1 amide bonds. The molecule has 0 aliphatic rings. The number of carbonyl (C=O) groups is 1. The number of hydrogen-bond acceptors (Lipinski definition) is 3. The standard InChI is InChI=1S/C20H21N3OS/c1-4-13-6-8-14(9-7-13)20(24)21-15-10-11-16-17(12-15)23-19(22-16)18(5-2)25-3/h5-12H,4H2,1-3H3,(H,21,24)(H,22,23)/b18-5-. The summed E-state index contributed by atoms with van der Waals surface area (Å²) in [4.78, 5) is 21.4. The van der Waals surface area contributed by atoms with Crippen molar-refractivity contribution < 1.29 is 4.79 Å². The van der Waals surface area contributed by atoms with Crippen molar-refractivity contribution in [3.8, 4) is 0 Å². The van der Waals surface area contributed by atoms with Gasteiger partial charge in [-0.2, -0.15) is 0 Å². The number of H-pyrrole nitrogens is 1. The molecule has 128 valence electrons. The molecule has 0 aliphatic carbocycles. The van der Waals surface area contributed by atoms with E-state index in [9.17, 15) is 4.79 Å². The molecule has 0 atom stereocenters. The van der Waals surface area contributed by atoms with Crippen LogP contribution in [-0.4, -0.2) is 22.1 Å². The molecule has 0 fully saturated rings. The molecule has 0 spiro atoms. The summed E-state index contributed by atoms with van der Waals surface area (Å²) in [6.45, 7) is 4.09. The van der Waals surface area contributed by atoms with Crippen LogP contribution in [0.15, 0.2) is 48.5 Å². The summed E-state index contributed by atoms with van der Waals surface area (Å²) in [6.07, 6.45) is 5.02. The normalized spacial score (nSPS) is 11.7. The van der Waals surface area contributed by atoms with E-state index in [0.717, 1.165) is 33.9 Å². The number of carbonyl (C=O) groups excluding carboxylic acids is 1. The summed E-state index contributed by atoms with van der Waals surface area (Å²) >= 11 is 1.65. The Balaban J connectivity index is 1.82. The van der Waals surface area contributed by atoms with Crippen molar-refractivity contribution in [3.63, 3.8) is 0 Å². The molecule has 5 heteroatoms. The Labute approximate surface area is 151 Å². The maximum absolute atomic E-state index is 12.4. The number of rotatable bonds is 5. The summed E-state index contributed by atoms with van der Waals surface area (Å²) in [5.74, 6) is 0.739. The largest absolute Gasteiger partial charge is 0.337 e. The number of amides is 1. The van der Waals surface area contributed by atoms with E-state index in [1.54, 1.807) is 11.8 Å². The molecule has 4 nitrogen and oxygen atoms in total. The van der Waals surface area contributed by atoms with Crippen molar-refractivity contribution in [2.75, 3.05) is 11.6 Å². The van der Waals surface area contributed by atoms with Gasteiger partial charge in [0.25, 0.3) is 5.91 Å². The van der Waals surface area contributed by atoms with Crippen LogP contribution in [-0.2, 0) is 6.42 Å². The van der Waals surface area contributed by atoms with E-state index < -0.39 is 0 Å². The smallest absolute Gasteiger partial charge is 0.255 e. The van der Waals surface area contributed by atoms with Crippen LogP contribution in [0.4, 0.5) is 5.69 Å². The highest BCUT2D eigenvalue weighted by Crippen LogP contribution is 2.26. The van der Waals surface area contributed by atoms with Gasteiger partial charge >= 0.3 is 0 Å². The van der Waals surface area contributed by atoms with E-state index in [1.807, 2.05) is 61.7 Å². The Hall–Kier alpha value is -2.53. The fraction of sp³-hybridized carbons (Fsp3) is 0.200. The first-order valence-corrected chi connectivity index (χ1v) is 9.47. The van der Waals surface area contributed by atoms with Gasteiger partial charge < -0.3 is 10.3 Å². The SMILES string of the molecule is C/C=C(\SC)c1nc2ccc(NC(=O)c3ccc(CC)cc3)cc2[nH]1. The van der Waals surface area contributed by atoms with Gasteiger partial charge in [0.05, 0.1) is 11.0 Å². The van der Waals surface area contributed by atoms with Crippen molar-refractivity contribution in [3.05, 3.63) is 65.5 Å². The first-order valence-electron chi connectivity index (χ1n) is 8.25. The van der Waals surface area contributed by atoms with Crippen molar-refractivity contribution in [1.82, 2.24) is 9.97 Å². The van der Waals surface area contributed by atoms with E-state index in [2.05, 4.69) is 22.2 Å². The second kappa shape index (κ2) is 7.57. The lowest BCUT2D eigenvalue weighted by molar-refractivity contribution is 0.102. The van der Waals surface area contributed by atoms with Crippen LogP contribution < -0.4 is 5.32 Å². The van der Waals surface area contributed by atoms with Crippen molar-refractivity contribution in [2.45, 2.75) is 20.3 Å². The van der Waals surface area contributed by atoms with Gasteiger partial charge in [0.1, 0.15) is 5.82 Å². The summed E-state index contributed by atoms with van der Waals surface area (Å²) in [7, 11) is 0. The van der Waals surface area contributed by atoms with Gasteiger partial charge in [-0.05, 0) is 55.5 Å². The molecule has 0 saturated carbocycles. The lowest BCUT2D eigenvalue weighted by atomic mass is 10.1. The fourth-order valence-electron chi connectivity index (χ4n) is 2.65. The minimum Gasteiger partial charge on any atom is -0.337 e. The van der Waals surface area contributed by atoms with E-state index in [4.69, 9.17) is 0 Å². The first-order chi connectivity index (χ1) is 12.1. The van der Waals surface area contributed by atoms with Gasteiger partial charge in [-0.3, -0.25) is 4.79 Å². The number of thioether (sulfide) groups is 1. The molecule has 2 aromatic carbocycles. The number of fused-ring (bicyclic) bond motifs is 1. The first kappa shape index (κ1) is 17.3. The molecule has 25 heavy (non-hydrogen) atoms. The number of imidazole rings is 1. The highest BCUT2D eigenvalue weighted by Gasteiger charge is 2.09. The Morgan fingerprint density at radius 1 is 1.24 bits per heavy atom. The Kier molecular flexibility index (Phi) is 5.24. The monoisotopic (exact) mass is 351 g/mol. The number of aromatic nitrogens is 2. The van der Waals surface area contributed by atoms with Crippen LogP contribution in [0.2, 0.25) is 0 Å². The third-order valence-corrected chi connectivity index (χ3v) is 4.95. The van der Waals surface area contributed by atoms with Gasteiger partial charge in [0.15, 0.2) is 0 Å². The van der Waals surface area contributed by atoms with Crippen molar-refractivity contribution in [1.29, 1.82) is 0 Å². The van der Waals surface area contributed by atoms with Crippen LogP contribution in [0.25, 0.3) is 15.9 Å². The van der Waals surface area contributed by atoms with E-state index >= 15 is 0 Å². The van der Waals surface area contributed by atoms with E-state index in [-0.39, 0.29) is 5.91 Å². The molecule has 0 bridgehead atoms. The lowest BCUT2D eigenvalue weighted by Gasteiger charge is -2.06. The number of nitrogens with zero attached hydrogens (tertiary/aromatic N) is 1. The van der Waals surface area contributed by atoms with Gasteiger partial charge in [-0.15, -0.1) is 11.8 Å². The summed E-state index contributed by atoms with van der Waals surface area (Å²) < 4.78 is 0. The summed E-state index contributed by atoms with van der Waals surface area (Å²) in [5, 5.41) is 2.95. The van der Waals surface area contributed by atoms with Gasteiger partial charge in [-0.1, -0.05) is 25.1 Å². The fourth-order valence-corrected chi connectivity index (χ4v) is 3.18. The maximum Gasteiger partial charge on any atom is 0.255 e. The number of nitrogens with one attached hydrogen (secondary N) is 2. The van der Waals surface area contributed by atoms with Crippen LogP contribution >= 0.6 is 11.8 Å². The summed E-state index contributed by atoms with van der Waals surface area (Å²) in [6, 6.07) is 13.4. The van der Waals surface area contributed by atoms with Crippen LogP contribution in [0.1, 0.15) is 35.6 Å². The van der Waals surface area contributed by atoms with Crippen LogP contribution in [0.3, 0.4) is 0 Å². The zero-order valence-electron chi connectivity index (χ0n) is 14.6. The van der Waals surface area contributed by atoms with Crippen LogP contribution in [0.5, 0.6) is 0 Å². The van der Waals surface area contributed by atoms with Gasteiger partial charge in [-0.25, -0.2) is 4.98 Å². The predicted octanol–water partition coefficient (Wildman–Crippen LogP) is 5.10. The summed E-state index contributed by atoms with van der Waals surface area (Å²) in [5.41, 5.74) is 4.41. The third kappa shape index (κ3) is 3.77. The maximum atomic E-state index is 12.4. The lowest BCUT2D eigenvalue weighted by Crippen LogP contribution is -2.11. The molecule has 0 radical (unpaired) electrons. The zero-order valence-corrected chi connectivity index (χ0v) is 15.4. The highest BCUT2D eigenvalue weighted by molar-refractivity contribution is 8.07. The quantitative estimate of drug-likeness (QED) is 0.672. The third-order valence-electron chi connectivity index (χ3n) is 4.08. The van der Waals surface area contributed by atoms with Crippen LogP contribution in [0, 0.1) is 0 Å². The molecule has 0 aliphatic heterocycles. The van der Waals surface area contributed by atoms with E-state index in [1.165, 1.54) is 5.56 Å². The Morgan fingerprint density at radius 2 is 2.00 bits per heavy atom. The van der Waals surface area contributed by atoms with Gasteiger partial charge in [0, 0.05) is 16.2 Å². The number of anilines is 1. The second-order valence-corrected chi connectivity index (χ2v) is 6.53. The average Bonchev–Trinajstić information content (AvgIpc) is 3.05. The molecule has 0 saturated heterocycles. The second-order valence-electron chi connectivity index (χ2n) is 5.68. The number of hydrogen-bond donors (Lipinski definition) is 2. The topological polar surface area (TPSA) is 57.8 Å². The Bertz CT molecular complexity index is 926. The molecule has 3 aromatic rings. The molecular formula is C20H21N3OS. The number of allylic oxidation sites excluding steroid dienone is 1. The molecule has 2 N–H and O–H groups in total. The minimum absolute atomic E-state index is 0.111. The molecule has 3 rings (SSSR count). The zero-order chi connectivity index (χ0) is 17.8. The number of aromatic amines is 1. The van der Waals surface area contributed by atoms with Crippen molar-refractivity contribution in [2.24, 2.45) is 0 Å². The minimum atomic E-state index is -0.111. The predicted molar refractivity (Wildman–Crippen MR) is 107 cm³/mol. The average molecular weight is 351 g/mol. The Morgan fingerprint density at radius 3 is 2.64 bits per heavy atom. The van der Waals surface area contributed by atoms with Crippen molar-refractivity contribution >= 4 is 39.3 Å². The molecular weight excluding hydrogens is 330 g/mol. The highest BCUT2D eigenvalue weighted by atomic mass is 32.2. The molecule has 1 aromatic heterocycles.